The van der Waals surface area contributed by atoms with Gasteiger partial charge in [-0.15, -0.1) is 0 Å². The maximum Gasteiger partial charge on any atom is 0.472 e. The van der Waals surface area contributed by atoms with E-state index in [0.717, 1.165) is 109 Å². The Morgan fingerprint density at radius 3 is 1.35 bits per heavy atom. The third kappa shape index (κ3) is 48.9. The van der Waals surface area contributed by atoms with Gasteiger partial charge in [0.15, 0.2) is 0 Å². The van der Waals surface area contributed by atoms with Crippen molar-refractivity contribution in [2.75, 3.05) is 40.9 Å². The van der Waals surface area contributed by atoms with Gasteiger partial charge in [-0.05, 0) is 83.5 Å². The number of amides is 1. The van der Waals surface area contributed by atoms with E-state index in [9.17, 15) is 19.4 Å². The number of carbonyl (C=O) groups excluding carboxylic acids is 1. The van der Waals surface area contributed by atoms with Gasteiger partial charge in [0.05, 0.1) is 39.9 Å². The highest BCUT2D eigenvalue weighted by molar-refractivity contribution is 7.47. The maximum atomic E-state index is 12.9. The monoisotopic (exact) mass is 926 g/mol. The van der Waals surface area contributed by atoms with E-state index >= 15 is 0 Å². The summed E-state index contributed by atoms with van der Waals surface area (Å²) in [5, 5.41) is 13.9. The number of phosphoric ester groups is 1. The minimum atomic E-state index is -4.32. The van der Waals surface area contributed by atoms with Crippen LogP contribution in [0.1, 0.15) is 187 Å². The fourth-order valence-corrected chi connectivity index (χ4v) is 7.48. The highest BCUT2D eigenvalue weighted by atomic mass is 31.2. The fraction of sp³-hybridized carbons (Fsp3) is 0.661. The first kappa shape index (κ1) is 62.2. The quantitative estimate of drug-likeness (QED) is 0.0243. The number of aliphatic hydroxyl groups excluding tert-OH is 1. The van der Waals surface area contributed by atoms with Crippen molar-refractivity contribution >= 4 is 13.7 Å². The number of hydrogen-bond acceptors (Lipinski definition) is 5. The first-order valence-electron chi connectivity index (χ1n) is 25.8. The predicted octanol–water partition coefficient (Wildman–Crippen LogP) is 15.3. The van der Waals surface area contributed by atoms with Gasteiger partial charge in [-0.2, -0.15) is 0 Å². The highest BCUT2D eigenvalue weighted by Crippen LogP contribution is 2.43. The van der Waals surface area contributed by atoms with Crippen LogP contribution in [0, 0.1) is 0 Å². The number of unbranched alkanes of at least 4 members (excludes halogenated alkanes) is 14. The molecule has 0 aliphatic rings. The molecule has 372 valence electrons. The van der Waals surface area contributed by atoms with Gasteiger partial charge in [-0.3, -0.25) is 13.8 Å². The zero-order valence-electron chi connectivity index (χ0n) is 42.2. The molecular weight excluding hydrogens is 828 g/mol. The zero-order valence-corrected chi connectivity index (χ0v) is 43.1. The van der Waals surface area contributed by atoms with E-state index in [0.29, 0.717) is 23.9 Å². The third-order valence-electron chi connectivity index (χ3n) is 10.8. The van der Waals surface area contributed by atoms with Crippen LogP contribution in [-0.2, 0) is 18.4 Å². The molecule has 0 saturated carbocycles. The van der Waals surface area contributed by atoms with Gasteiger partial charge >= 0.3 is 7.82 Å². The molecule has 65 heavy (non-hydrogen) atoms. The van der Waals surface area contributed by atoms with Crippen molar-refractivity contribution < 1.29 is 32.9 Å². The summed E-state index contributed by atoms with van der Waals surface area (Å²) in [5.41, 5.74) is 0. The molecule has 3 unspecified atom stereocenters. The fourth-order valence-electron chi connectivity index (χ4n) is 6.74. The Bertz CT molecular complexity index is 1420. The SMILES string of the molecule is CC/C=C\C/C=C\C/C=C\C/C=C\C/C=C\C/C=C\C/C=C\C/C=C\C/C=C\CCCCCCCCCC(=O)NC(COP(=O)(O)OCC[N+](C)(C)C)C(O)CCCCCCCCCC. The third-order valence-corrected chi connectivity index (χ3v) is 11.8. The molecule has 0 rings (SSSR count). The minimum absolute atomic E-state index is 0.0662. The van der Waals surface area contributed by atoms with E-state index in [4.69, 9.17) is 9.05 Å². The average Bonchev–Trinajstić information content (AvgIpc) is 3.26. The second-order valence-corrected chi connectivity index (χ2v) is 19.6. The number of allylic oxidation sites excluding steroid dienone is 18. The summed E-state index contributed by atoms with van der Waals surface area (Å²) in [4.78, 5) is 23.1. The number of rotatable bonds is 45. The van der Waals surface area contributed by atoms with Gasteiger partial charge in [-0.1, -0.05) is 207 Å². The molecule has 8 nitrogen and oxygen atoms in total. The summed E-state index contributed by atoms with van der Waals surface area (Å²) in [7, 11) is 1.59. The van der Waals surface area contributed by atoms with Gasteiger partial charge in [0.25, 0.3) is 0 Å². The number of phosphoric acid groups is 1. The van der Waals surface area contributed by atoms with Crippen LogP contribution < -0.4 is 5.32 Å². The highest BCUT2D eigenvalue weighted by Gasteiger charge is 2.28. The molecule has 0 aromatic heterocycles. The van der Waals surface area contributed by atoms with E-state index < -0.39 is 20.0 Å². The Morgan fingerprint density at radius 1 is 0.538 bits per heavy atom. The molecule has 0 spiro atoms. The molecule has 3 N–H and O–H groups in total. The predicted molar refractivity (Wildman–Crippen MR) is 281 cm³/mol. The van der Waals surface area contributed by atoms with Crippen LogP contribution in [0.15, 0.2) is 109 Å². The molecular formula is C56H98N2O6P+. The summed E-state index contributed by atoms with van der Waals surface area (Å²) >= 11 is 0. The van der Waals surface area contributed by atoms with Crippen molar-refractivity contribution in [3.63, 3.8) is 0 Å². The lowest BCUT2D eigenvalue weighted by Crippen LogP contribution is -2.46. The lowest BCUT2D eigenvalue weighted by atomic mass is 10.0. The lowest BCUT2D eigenvalue weighted by Gasteiger charge is -2.26. The molecule has 0 radical (unpaired) electrons. The summed E-state index contributed by atoms with van der Waals surface area (Å²) < 4.78 is 23.6. The van der Waals surface area contributed by atoms with E-state index in [-0.39, 0.29) is 19.1 Å². The minimum Gasteiger partial charge on any atom is -0.391 e. The van der Waals surface area contributed by atoms with Crippen LogP contribution in [0.3, 0.4) is 0 Å². The largest absolute Gasteiger partial charge is 0.472 e. The Morgan fingerprint density at radius 2 is 0.923 bits per heavy atom. The molecule has 0 saturated heterocycles. The molecule has 0 aliphatic carbocycles. The van der Waals surface area contributed by atoms with Crippen molar-refractivity contribution in [3.05, 3.63) is 109 Å². The Hall–Kier alpha value is -2.84. The van der Waals surface area contributed by atoms with Crippen LogP contribution in [0.5, 0.6) is 0 Å². The van der Waals surface area contributed by atoms with Crippen LogP contribution in [0.2, 0.25) is 0 Å². The van der Waals surface area contributed by atoms with Gasteiger partial charge in [-0.25, -0.2) is 4.57 Å². The first-order chi connectivity index (χ1) is 31.5. The summed E-state index contributed by atoms with van der Waals surface area (Å²) in [5.74, 6) is -0.165. The van der Waals surface area contributed by atoms with Crippen LogP contribution in [0.25, 0.3) is 0 Å². The molecule has 3 atom stereocenters. The van der Waals surface area contributed by atoms with Gasteiger partial charge in [0.2, 0.25) is 5.91 Å². The molecule has 0 fully saturated rings. The maximum absolute atomic E-state index is 12.9. The average molecular weight is 926 g/mol. The lowest BCUT2D eigenvalue weighted by molar-refractivity contribution is -0.870. The van der Waals surface area contributed by atoms with Crippen molar-refractivity contribution in [1.82, 2.24) is 5.32 Å². The molecule has 9 heteroatoms. The van der Waals surface area contributed by atoms with Gasteiger partial charge in [0.1, 0.15) is 13.2 Å². The number of quaternary nitrogens is 1. The molecule has 1 amide bonds. The standard InChI is InChI=1S/C56H97N2O6P/c1-6-8-10-12-14-16-17-18-19-20-21-22-23-24-25-26-27-28-29-30-31-32-33-34-35-36-37-38-39-40-41-42-44-46-48-50-56(60)57-54(53-64-65(61,62)63-52-51-58(3,4)5)55(59)49-47-45-43-15-13-11-9-7-2/h8,10,14,16,18-19,21-22,24-25,27-28,30-31,33-34,36-37,54-55,59H,6-7,9,11-13,15,17,20,23,26,29,32,35,38-53H2,1-5H3,(H-,57,60,61,62)/p+1/b10-8-,16-14-,19-18-,22-21-,25-24-,28-27-,31-30-,34-33-,37-36-. The van der Waals surface area contributed by atoms with Crippen molar-refractivity contribution in [2.45, 2.75) is 199 Å². The Labute approximate surface area is 400 Å². The van der Waals surface area contributed by atoms with Crippen LogP contribution in [-0.4, -0.2) is 73.4 Å². The first-order valence-corrected chi connectivity index (χ1v) is 27.2. The van der Waals surface area contributed by atoms with Crippen molar-refractivity contribution in [1.29, 1.82) is 0 Å². The van der Waals surface area contributed by atoms with E-state index in [1.807, 2.05) is 21.1 Å². The smallest absolute Gasteiger partial charge is 0.391 e. The summed E-state index contributed by atoms with van der Waals surface area (Å²) in [6, 6.07) is -0.771. The van der Waals surface area contributed by atoms with Crippen LogP contribution >= 0.6 is 7.82 Å². The Balaban J connectivity index is 4.09. The molecule has 0 aromatic rings. The van der Waals surface area contributed by atoms with E-state index in [1.165, 1.54) is 51.4 Å². The zero-order chi connectivity index (χ0) is 47.8. The van der Waals surface area contributed by atoms with Crippen molar-refractivity contribution in [2.24, 2.45) is 0 Å². The van der Waals surface area contributed by atoms with Crippen LogP contribution in [0.4, 0.5) is 0 Å². The number of hydrogen-bond donors (Lipinski definition) is 3. The summed E-state index contributed by atoms with van der Waals surface area (Å²) in [6.07, 6.45) is 67.2. The second-order valence-electron chi connectivity index (χ2n) is 18.2. The van der Waals surface area contributed by atoms with E-state index in [2.05, 4.69) is 129 Å². The molecule has 0 heterocycles. The summed E-state index contributed by atoms with van der Waals surface area (Å²) in [6.45, 7) is 4.70. The number of carbonyl (C=O) groups is 1. The van der Waals surface area contributed by atoms with Gasteiger partial charge < -0.3 is 19.8 Å². The van der Waals surface area contributed by atoms with Gasteiger partial charge in [0, 0.05) is 6.42 Å². The molecule has 0 aliphatic heterocycles. The molecule has 0 bridgehead atoms. The van der Waals surface area contributed by atoms with Crippen molar-refractivity contribution in [3.8, 4) is 0 Å². The molecule has 0 aromatic carbocycles. The topological polar surface area (TPSA) is 105 Å². The van der Waals surface area contributed by atoms with E-state index in [1.54, 1.807) is 0 Å². The second kappa shape index (κ2) is 46.3. The number of likely N-dealkylation sites (N-methyl/N-ethyl adjacent to an activating group) is 1. The number of nitrogens with one attached hydrogen (secondary N) is 1. The Kier molecular flexibility index (Phi) is 44.3. The number of aliphatic hydroxyl groups is 1. The normalized spacial score (nSPS) is 15.0. The number of nitrogens with zero attached hydrogens (tertiary/aromatic N) is 1.